The molecule has 0 saturated heterocycles. The first kappa shape index (κ1) is 74.1. The van der Waals surface area contributed by atoms with Crippen molar-refractivity contribution in [1.29, 1.82) is 0 Å². The van der Waals surface area contributed by atoms with Crippen molar-refractivity contribution in [2.24, 2.45) is 0 Å². The summed E-state index contributed by atoms with van der Waals surface area (Å²) < 4.78 is 16.9. The summed E-state index contributed by atoms with van der Waals surface area (Å²) in [5, 5.41) is 0. The Bertz CT molecular complexity index is 1380. The summed E-state index contributed by atoms with van der Waals surface area (Å²) in [6.45, 7) is 6.54. The minimum absolute atomic E-state index is 0.0781. The monoisotopic (exact) mass is 1080 g/mol. The van der Waals surface area contributed by atoms with Crippen LogP contribution in [0.15, 0.2) is 60.8 Å². The molecule has 0 aliphatic heterocycles. The van der Waals surface area contributed by atoms with Gasteiger partial charge in [0, 0.05) is 19.3 Å². The van der Waals surface area contributed by atoms with Crippen molar-refractivity contribution in [3.63, 3.8) is 0 Å². The molecule has 0 N–H and O–H groups in total. The molecule has 0 aromatic heterocycles. The number of hydrogen-bond donors (Lipinski definition) is 0. The Labute approximate surface area is 479 Å². The largest absolute Gasteiger partial charge is 0.462 e. The van der Waals surface area contributed by atoms with Gasteiger partial charge in [0.15, 0.2) is 6.10 Å². The number of carbonyl (C=O) groups excluding carboxylic acids is 3. The lowest BCUT2D eigenvalue weighted by Crippen LogP contribution is -2.30. The van der Waals surface area contributed by atoms with Gasteiger partial charge in [0.1, 0.15) is 13.2 Å². The highest BCUT2D eigenvalue weighted by molar-refractivity contribution is 5.71. The summed E-state index contributed by atoms with van der Waals surface area (Å²) >= 11 is 0. The highest BCUT2D eigenvalue weighted by Gasteiger charge is 2.19. The molecule has 0 radical (unpaired) electrons. The summed E-state index contributed by atoms with van der Waals surface area (Å²) in [5.41, 5.74) is 0. The van der Waals surface area contributed by atoms with E-state index >= 15 is 0 Å². The second-order valence-corrected chi connectivity index (χ2v) is 22.7. The quantitative estimate of drug-likeness (QED) is 0.0261. The third-order valence-electron chi connectivity index (χ3n) is 15.0. The number of rotatable bonds is 62. The number of ether oxygens (including phenoxy) is 3. The first-order valence-corrected chi connectivity index (χ1v) is 33.8. The predicted molar refractivity (Wildman–Crippen MR) is 335 cm³/mol. The van der Waals surface area contributed by atoms with Gasteiger partial charge in [-0.2, -0.15) is 0 Å². The molecule has 1 unspecified atom stereocenters. The molecule has 448 valence electrons. The smallest absolute Gasteiger partial charge is 0.306 e. The standard InChI is InChI=1S/C71H128O6/c1-4-7-10-13-16-19-21-23-25-27-29-31-32-33-34-35-36-37-38-40-41-43-45-47-49-52-55-58-61-64-70(73)76-67-68(66-75-69(72)63-60-57-54-51-18-15-12-9-6-3)77-71(74)65-62-59-56-53-50-48-46-44-42-39-30-28-26-24-22-20-17-14-11-8-5-2/h8,11,17,20,24,26,30,39,44,46,68H,4-7,9-10,12-16,18-19,21-23,25,27-29,31-38,40-43,45,47-67H2,1-3H3/b11-8-,20-17-,26-24-,39-30-,46-44-. The van der Waals surface area contributed by atoms with E-state index in [2.05, 4.69) is 81.5 Å². The Kier molecular flexibility index (Phi) is 63.2. The summed E-state index contributed by atoms with van der Waals surface area (Å²) in [4.78, 5) is 38.2. The molecule has 0 heterocycles. The van der Waals surface area contributed by atoms with Gasteiger partial charge in [0.05, 0.1) is 0 Å². The third-order valence-corrected chi connectivity index (χ3v) is 15.0. The molecule has 77 heavy (non-hydrogen) atoms. The van der Waals surface area contributed by atoms with Crippen LogP contribution in [0.4, 0.5) is 0 Å². The fraction of sp³-hybridized carbons (Fsp3) is 0.817. The van der Waals surface area contributed by atoms with Crippen LogP contribution in [0.3, 0.4) is 0 Å². The second kappa shape index (κ2) is 65.6. The molecule has 6 nitrogen and oxygen atoms in total. The van der Waals surface area contributed by atoms with Gasteiger partial charge in [-0.15, -0.1) is 0 Å². The van der Waals surface area contributed by atoms with Crippen molar-refractivity contribution in [2.75, 3.05) is 13.2 Å². The van der Waals surface area contributed by atoms with Crippen molar-refractivity contribution in [3.05, 3.63) is 60.8 Å². The van der Waals surface area contributed by atoms with E-state index in [1.165, 1.54) is 205 Å². The van der Waals surface area contributed by atoms with Crippen molar-refractivity contribution in [2.45, 2.75) is 361 Å². The molecule has 0 aromatic rings. The van der Waals surface area contributed by atoms with Crippen LogP contribution in [-0.2, 0) is 28.6 Å². The SMILES string of the molecule is CC/C=C\C/C=C\C/C=C\C/C=C\C/C=C\CCCCCCCC(=O)OC(COC(=O)CCCCCCCCCCC)COC(=O)CCCCCCCCCCCCCCCCCCCCCCCCCCCCCCC. The first-order chi connectivity index (χ1) is 38.0. The number of unbranched alkanes of at least 4 members (excludes halogenated alkanes) is 41. The zero-order valence-corrected chi connectivity index (χ0v) is 51.5. The number of esters is 3. The minimum atomic E-state index is -0.782. The maximum absolute atomic E-state index is 12.9. The fourth-order valence-electron chi connectivity index (χ4n) is 10.0. The topological polar surface area (TPSA) is 78.9 Å². The van der Waals surface area contributed by atoms with E-state index in [0.717, 1.165) is 109 Å². The van der Waals surface area contributed by atoms with E-state index in [1.807, 2.05) is 0 Å². The van der Waals surface area contributed by atoms with Crippen molar-refractivity contribution in [1.82, 2.24) is 0 Å². The molecule has 0 amide bonds. The summed E-state index contributed by atoms with van der Waals surface area (Å²) in [6.07, 6.45) is 84.1. The van der Waals surface area contributed by atoms with Crippen LogP contribution in [0.2, 0.25) is 0 Å². The van der Waals surface area contributed by atoms with Crippen LogP contribution in [0.1, 0.15) is 355 Å². The fourth-order valence-corrected chi connectivity index (χ4v) is 10.0. The molecule has 0 aliphatic rings. The summed E-state index contributed by atoms with van der Waals surface area (Å²) in [7, 11) is 0. The molecule has 0 bridgehead atoms. The van der Waals surface area contributed by atoms with Crippen LogP contribution in [0, 0.1) is 0 Å². The maximum Gasteiger partial charge on any atom is 0.306 e. The Hall–Kier alpha value is -2.89. The molecular weight excluding hydrogens is 949 g/mol. The number of carbonyl (C=O) groups is 3. The lowest BCUT2D eigenvalue weighted by atomic mass is 10.0. The first-order valence-electron chi connectivity index (χ1n) is 33.8. The molecule has 0 aromatic carbocycles. The van der Waals surface area contributed by atoms with Gasteiger partial charge in [-0.05, 0) is 64.2 Å². The van der Waals surface area contributed by atoms with Gasteiger partial charge in [0.2, 0.25) is 0 Å². The molecule has 0 aliphatic carbocycles. The van der Waals surface area contributed by atoms with Crippen LogP contribution in [0.5, 0.6) is 0 Å². The van der Waals surface area contributed by atoms with E-state index < -0.39 is 6.10 Å². The van der Waals surface area contributed by atoms with Crippen LogP contribution in [-0.4, -0.2) is 37.2 Å². The summed E-state index contributed by atoms with van der Waals surface area (Å²) in [6, 6.07) is 0. The lowest BCUT2D eigenvalue weighted by Gasteiger charge is -2.18. The van der Waals surface area contributed by atoms with Crippen molar-refractivity contribution >= 4 is 17.9 Å². The Morgan fingerprint density at radius 2 is 0.506 bits per heavy atom. The zero-order valence-electron chi connectivity index (χ0n) is 51.5. The van der Waals surface area contributed by atoms with Gasteiger partial charge in [-0.1, -0.05) is 332 Å². The average molecular weight is 1080 g/mol. The van der Waals surface area contributed by atoms with E-state index in [4.69, 9.17) is 14.2 Å². The molecule has 6 heteroatoms. The van der Waals surface area contributed by atoms with Crippen molar-refractivity contribution in [3.8, 4) is 0 Å². The van der Waals surface area contributed by atoms with E-state index in [-0.39, 0.29) is 31.1 Å². The van der Waals surface area contributed by atoms with Crippen LogP contribution < -0.4 is 0 Å². The summed E-state index contributed by atoms with van der Waals surface area (Å²) in [5.74, 6) is -0.881. The minimum Gasteiger partial charge on any atom is -0.462 e. The molecule has 0 saturated carbocycles. The third kappa shape index (κ3) is 63.8. The Balaban J connectivity index is 4.14. The maximum atomic E-state index is 12.9. The highest BCUT2D eigenvalue weighted by Crippen LogP contribution is 2.18. The lowest BCUT2D eigenvalue weighted by molar-refractivity contribution is -0.167. The van der Waals surface area contributed by atoms with E-state index in [0.29, 0.717) is 19.3 Å². The van der Waals surface area contributed by atoms with Gasteiger partial charge in [-0.25, -0.2) is 0 Å². The molecule has 0 rings (SSSR count). The Morgan fingerprint density at radius 1 is 0.273 bits per heavy atom. The van der Waals surface area contributed by atoms with Gasteiger partial charge < -0.3 is 14.2 Å². The van der Waals surface area contributed by atoms with Gasteiger partial charge in [0.25, 0.3) is 0 Å². The number of hydrogen-bond acceptors (Lipinski definition) is 6. The molecular formula is C71H128O6. The van der Waals surface area contributed by atoms with Gasteiger partial charge >= 0.3 is 17.9 Å². The molecule has 0 fully saturated rings. The van der Waals surface area contributed by atoms with Crippen LogP contribution in [0.25, 0.3) is 0 Å². The van der Waals surface area contributed by atoms with Gasteiger partial charge in [-0.3, -0.25) is 14.4 Å². The normalized spacial score (nSPS) is 12.4. The molecule has 0 spiro atoms. The van der Waals surface area contributed by atoms with Crippen molar-refractivity contribution < 1.29 is 28.6 Å². The van der Waals surface area contributed by atoms with Crippen LogP contribution >= 0.6 is 0 Å². The highest BCUT2D eigenvalue weighted by atomic mass is 16.6. The second-order valence-electron chi connectivity index (χ2n) is 22.7. The van der Waals surface area contributed by atoms with E-state index in [9.17, 15) is 14.4 Å². The van der Waals surface area contributed by atoms with E-state index in [1.54, 1.807) is 0 Å². The number of allylic oxidation sites excluding steroid dienone is 10. The molecule has 1 atom stereocenters. The predicted octanol–water partition coefficient (Wildman–Crippen LogP) is 23.1. The zero-order chi connectivity index (χ0) is 55.7. The average Bonchev–Trinajstić information content (AvgIpc) is 3.43. The Morgan fingerprint density at radius 3 is 0.792 bits per heavy atom.